The second-order valence-electron chi connectivity index (χ2n) is 5.46. The summed E-state index contributed by atoms with van der Waals surface area (Å²) in [7, 11) is 0. The largest absolute Gasteiger partial charge is 0.292 e. The second kappa shape index (κ2) is 5.55. The molecule has 2 heterocycles. The van der Waals surface area contributed by atoms with Gasteiger partial charge in [0.25, 0.3) is 17.1 Å². The van der Waals surface area contributed by atoms with Crippen molar-refractivity contribution in [3.8, 4) is 11.3 Å². The molecule has 0 fully saturated rings. The van der Waals surface area contributed by atoms with E-state index >= 15 is 0 Å². The van der Waals surface area contributed by atoms with E-state index in [-0.39, 0.29) is 16.7 Å². The van der Waals surface area contributed by atoms with Crippen LogP contribution in [-0.4, -0.2) is 24.4 Å². The normalized spacial score (nSPS) is 11.1. The van der Waals surface area contributed by atoms with Crippen LogP contribution in [0.5, 0.6) is 0 Å². The van der Waals surface area contributed by atoms with Crippen LogP contribution in [0.2, 0.25) is 0 Å². The summed E-state index contributed by atoms with van der Waals surface area (Å²) in [5, 5.41) is 41.2. The van der Waals surface area contributed by atoms with Crippen LogP contribution in [0.1, 0.15) is 0 Å². The summed E-state index contributed by atoms with van der Waals surface area (Å²) >= 11 is 0. The summed E-state index contributed by atoms with van der Waals surface area (Å²) in [6, 6.07) is 7.54. The number of hydrogen-bond acceptors (Lipinski definition) is 7. The molecule has 2 aromatic carbocycles. The molecule has 2 aromatic heterocycles. The third kappa shape index (κ3) is 2.41. The topological polar surface area (TPSA) is 165 Å². The van der Waals surface area contributed by atoms with E-state index in [1.807, 2.05) is 0 Å². The fourth-order valence-corrected chi connectivity index (χ4v) is 2.74. The van der Waals surface area contributed by atoms with Crippen LogP contribution >= 0.6 is 0 Å². The lowest BCUT2D eigenvalue weighted by molar-refractivity contribution is -0.729. The number of nitro groups is 3. The van der Waals surface area contributed by atoms with Crippen molar-refractivity contribution in [3.05, 3.63) is 72.9 Å². The molecule has 0 spiro atoms. The summed E-state index contributed by atoms with van der Waals surface area (Å²) in [6.45, 7) is 0. The number of non-ortho nitro benzene ring substituents is 3. The average Bonchev–Trinajstić information content (AvgIpc) is 3.20. The zero-order chi connectivity index (χ0) is 19.3. The standard InChI is InChI=1S/C14H7N7O6/c22-18(23)9-3-1-8(2-4-9)13-7-15-21-16-14-11(17(13)21)5-10(19(24)25)6-12(14)20(26)27/h1-7H. The molecule has 4 aromatic rings. The predicted octanol–water partition coefficient (Wildman–Crippen LogP) is 1.42. The molecular weight excluding hydrogens is 362 g/mol. The Kier molecular flexibility index (Phi) is 3.30. The number of nitrogens with zero attached hydrogens (tertiary/aromatic N) is 7. The first-order chi connectivity index (χ1) is 12.9. The first kappa shape index (κ1) is 16.1. The van der Waals surface area contributed by atoms with Gasteiger partial charge in [-0.15, -0.1) is 0 Å². The Morgan fingerprint density at radius 2 is 1.59 bits per heavy atom. The zero-order valence-electron chi connectivity index (χ0n) is 13.1. The summed E-state index contributed by atoms with van der Waals surface area (Å²) in [4.78, 5) is 31.2. The maximum absolute atomic E-state index is 11.3. The van der Waals surface area contributed by atoms with Gasteiger partial charge in [-0.05, 0) is 22.4 Å². The van der Waals surface area contributed by atoms with E-state index in [2.05, 4.69) is 10.2 Å². The van der Waals surface area contributed by atoms with Gasteiger partial charge in [0.1, 0.15) is 0 Å². The summed E-state index contributed by atoms with van der Waals surface area (Å²) in [6.07, 6.45) is 1.40. The average molecular weight is 369 g/mol. The molecule has 13 nitrogen and oxygen atoms in total. The first-order valence-corrected chi connectivity index (χ1v) is 7.31. The number of nitro benzene ring substituents is 3. The molecule has 27 heavy (non-hydrogen) atoms. The van der Waals surface area contributed by atoms with Crippen molar-refractivity contribution >= 4 is 28.1 Å². The highest BCUT2D eigenvalue weighted by atomic mass is 16.6. The number of hydrogen-bond donors (Lipinski definition) is 0. The molecule has 0 aliphatic rings. The fourth-order valence-electron chi connectivity index (χ4n) is 2.74. The smallest absolute Gasteiger partial charge is 0.258 e. The SMILES string of the molecule is O=[N+]([O-])c1ccc(-c2c[n-][n+]3nc4c([N+](=O)[O-])cc([N+](=O)[O-])cc4n23)cc1. The van der Waals surface area contributed by atoms with Crippen molar-refractivity contribution in [2.24, 2.45) is 0 Å². The lowest BCUT2D eigenvalue weighted by atomic mass is 10.1. The Hall–Kier alpha value is -4.42. The molecule has 0 saturated carbocycles. The Balaban J connectivity index is 2.02. The summed E-state index contributed by atoms with van der Waals surface area (Å²) in [5.74, 6) is 0. The minimum Gasteiger partial charge on any atom is -0.258 e. The molecule has 0 aliphatic heterocycles. The van der Waals surface area contributed by atoms with E-state index in [0.717, 1.165) is 16.9 Å². The highest BCUT2D eigenvalue weighted by Gasteiger charge is 2.25. The van der Waals surface area contributed by atoms with Gasteiger partial charge >= 0.3 is 0 Å². The lowest BCUT2D eigenvalue weighted by Crippen LogP contribution is -2.33. The molecule has 0 unspecified atom stereocenters. The molecule has 4 rings (SSSR count). The third-order valence-corrected chi connectivity index (χ3v) is 3.94. The molecule has 0 atom stereocenters. The highest BCUT2D eigenvalue weighted by molar-refractivity contribution is 5.87. The minimum atomic E-state index is -0.756. The molecule has 0 aliphatic carbocycles. The zero-order valence-corrected chi connectivity index (χ0v) is 13.1. The molecule has 0 N–H and O–H groups in total. The van der Waals surface area contributed by atoms with Gasteiger partial charge in [-0.2, -0.15) is 4.52 Å². The van der Waals surface area contributed by atoms with Crippen LogP contribution in [-0.2, 0) is 0 Å². The van der Waals surface area contributed by atoms with Crippen LogP contribution in [0, 0.1) is 30.3 Å². The molecule has 0 bridgehead atoms. The van der Waals surface area contributed by atoms with Gasteiger partial charge in [0.15, 0.2) is 5.52 Å². The van der Waals surface area contributed by atoms with Crippen LogP contribution in [0.15, 0.2) is 42.6 Å². The van der Waals surface area contributed by atoms with Crippen molar-refractivity contribution in [3.63, 3.8) is 0 Å². The molecule has 0 saturated heterocycles. The van der Waals surface area contributed by atoms with E-state index in [1.165, 1.54) is 35.0 Å². The third-order valence-electron chi connectivity index (χ3n) is 3.94. The van der Waals surface area contributed by atoms with Crippen LogP contribution in [0.25, 0.3) is 22.3 Å². The Morgan fingerprint density at radius 3 is 2.19 bits per heavy atom. The Bertz CT molecular complexity index is 1260. The second-order valence-corrected chi connectivity index (χ2v) is 5.46. The van der Waals surface area contributed by atoms with Crippen molar-refractivity contribution in [2.45, 2.75) is 0 Å². The van der Waals surface area contributed by atoms with Crippen molar-refractivity contribution < 1.29 is 19.5 Å². The summed E-state index contributed by atoms with van der Waals surface area (Å²) in [5.41, 5.74) is -0.127. The van der Waals surface area contributed by atoms with Crippen molar-refractivity contribution in [1.82, 2.24) is 14.7 Å². The van der Waals surface area contributed by atoms with E-state index in [1.54, 1.807) is 0 Å². The van der Waals surface area contributed by atoms with Gasteiger partial charge in [-0.1, -0.05) is 10.2 Å². The molecule has 134 valence electrons. The number of fused-ring (bicyclic) bond motifs is 3. The van der Waals surface area contributed by atoms with Crippen LogP contribution in [0.4, 0.5) is 17.1 Å². The maximum Gasteiger partial charge on any atom is 0.292 e. The monoisotopic (exact) mass is 369 g/mol. The van der Waals surface area contributed by atoms with Gasteiger partial charge in [0.2, 0.25) is 0 Å². The number of rotatable bonds is 4. The molecule has 0 radical (unpaired) electrons. The van der Waals surface area contributed by atoms with E-state index < -0.39 is 26.1 Å². The van der Waals surface area contributed by atoms with E-state index in [4.69, 9.17) is 0 Å². The number of benzene rings is 2. The van der Waals surface area contributed by atoms with Gasteiger partial charge < -0.3 is 0 Å². The fraction of sp³-hybridized carbons (Fsp3) is 0. The van der Waals surface area contributed by atoms with Gasteiger partial charge in [-0.3, -0.25) is 30.3 Å². The van der Waals surface area contributed by atoms with Crippen LogP contribution < -0.4 is 9.84 Å². The maximum atomic E-state index is 11.3. The van der Waals surface area contributed by atoms with Gasteiger partial charge in [0.05, 0.1) is 32.0 Å². The van der Waals surface area contributed by atoms with E-state index in [9.17, 15) is 30.3 Å². The van der Waals surface area contributed by atoms with Crippen molar-refractivity contribution in [2.75, 3.05) is 0 Å². The summed E-state index contributed by atoms with van der Waals surface area (Å²) < 4.78 is 2.43. The van der Waals surface area contributed by atoms with Gasteiger partial charge in [0, 0.05) is 24.4 Å². The quantitative estimate of drug-likeness (QED) is 0.296. The Labute approximate surface area is 147 Å². The predicted molar refractivity (Wildman–Crippen MR) is 87.1 cm³/mol. The Morgan fingerprint density at radius 1 is 0.926 bits per heavy atom. The minimum absolute atomic E-state index is 0.0677. The van der Waals surface area contributed by atoms with E-state index in [0.29, 0.717) is 11.3 Å². The van der Waals surface area contributed by atoms with Gasteiger partial charge in [-0.25, -0.2) is 0 Å². The molecular formula is C14H7N7O6. The highest BCUT2D eigenvalue weighted by Crippen LogP contribution is 2.30. The number of aromatic nitrogens is 4. The molecule has 0 amide bonds. The first-order valence-electron chi connectivity index (χ1n) is 7.31. The lowest BCUT2D eigenvalue weighted by Gasteiger charge is -2.01. The molecule has 13 heteroatoms. The van der Waals surface area contributed by atoms with Crippen molar-refractivity contribution in [1.29, 1.82) is 0 Å². The van der Waals surface area contributed by atoms with Crippen LogP contribution in [0.3, 0.4) is 0 Å².